The van der Waals surface area contributed by atoms with Crippen LogP contribution in [-0.2, 0) is 0 Å². The van der Waals surface area contributed by atoms with E-state index in [1.807, 2.05) is 19.9 Å². The molecule has 0 radical (unpaired) electrons. The van der Waals surface area contributed by atoms with E-state index in [1.165, 1.54) is 13.0 Å². The molecule has 9 heteroatoms. The molecule has 44 heavy (non-hydrogen) atoms. The first-order chi connectivity index (χ1) is 20.4. The number of hydrogen-bond acceptors (Lipinski definition) is 9. The van der Waals surface area contributed by atoms with Crippen LogP contribution in [0.4, 0.5) is 0 Å². The fourth-order valence-corrected chi connectivity index (χ4v) is 5.61. The third-order valence-electron chi connectivity index (χ3n) is 8.65. The highest BCUT2D eigenvalue weighted by Gasteiger charge is 2.51. The summed E-state index contributed by atoms with van der Waals surface area (Å²) >= 11 is 0. The molecule has 0 bridgehead atoms. The molecule has 1 aliphatic carbocycles. The van der Waals surface area contributed by atoms with Gasteiger partial charge in [-0.3, -0.25) is 9.59 Å². The van der Waals surface area contributed by atoms with Gasteiger partial charge < -0.3 is 35.7 Å². The number of aryl methyl sites for hydroxylation is 1. The number of phenolic OH excluding ortho intramolecular Hbond substituents is 3. The Morgan fingerprint density at radius 2 is 1.45 bits per heavy atom. The molecule has 0 fully saturated rings. The molecule has 0 amide bonds. The predicted octanol–water partition coefficient (Wildman–Crippen LogP) is 5.36. The molecule has 240 valence electrons. The van der Waals surface area contributed by atoms with E-state index in [4.69, 9.17) is 0 Å². The minimum Gasteiger partial charge on any atom is -0.507 e. The van der Waals surface area contributed by atoms with Gasteiger partial charge in [0.2, 0.25) is 11.6 Å². The average molecular weight is 611 g/mol. The lowest BCUT2D eigenvalue weighted by molar-refractivity contribution is -0.0511. The average Bonchev–Trinajstić information content (AvgIpc) is 2.94. The lowest BCUT2D eigenvalue weighted by Gasteiger charge is -2.32. The molecule has 2 aromatic carbocycles. The number of Topliss-reactive ketones (excluding diaryl/α,β-unsaturated/α-hetero) is 2. The first kappa shape index (κ1) is 35.0. The Kier molecular flexibility index (Phi) is 10.9. The van der Waals surface area contributed by atoms with E-state index in [9.17, 15) is 45.3 Å². The molecular formula is C35H46O9. The van der Waals surface area contributed by atoms with Gasteiger partial charge in [0.1, 0.15) is 17.2 Å². The van der Waals surface area contributed by atoms with Crippen molar-refractivity contribution in [3.63, 3.8) is 0 Å². The number of phenols is 3. The largest absolute Gasteiger partial charge is 0.507 e. The molecule has 7 N–H and O–H groups in total. The molecule has 0 spiro atoms. The highest BCUT2D eigenvalue weighted by atomic mass is 16.3. The van der Waals surface area contributed by atoms with Crippen molar-refractivity contribution in [1.82, 2.24) is 0 Å². The first-order valence-corrected chi connectivity index (χ1v) is 15.0. The van der Waals surface area contributed by atoms with Crippen LogP contribution in [0, 0.1) is 13.8 Å². The Morgan fingerprint density at radius 1 is 0.886 bits per heavy atom. The maximum atomic E-state index is 13.6. The molecule has 0 aromatic heterocycles. The van der Waals surface area contributed by atoms with Gasteiger partial charge in [-0.1, -0.05) is 29.4 Å². The van der Waals surface area contributed by atoms with E-state index in [0.717, 1.165) is 23.1 Å². The van der Waals surface area contributed by atoms with Crippen molar-refractivity contribution in [1.29, 1.82) is 0 Å². The minimum absolute atomic E-state index is 0.0405. The normalized spacial score (nSPS) is 18.8. The fourth-order valence-electron chi connectivity index (χ4n) is 5.61. The van der Waals surface area contributed by atoms with Gasteiger partial charge in [0, 0.05) is 22.8 Å². The van der Waals surface area contributed by atoms with Gasteiger partial charge in [-0.2, -0.15) is 0 Å². The van der Waals surface area contributed by atoms with Crippen LogP contribution in [0.3, 0.4) is 0 Å². The zero-order chi connectivity index (χ0) is 33.1. The van der Waals surface area contributed by atoms with Crippen LogP contribution < -0.4 is 0 Å². The van der Waals surface area contributed by atoms with E-state index in [2.05, 4.69) is 6.08 Å². The molecule has 1 aliphatic rings. The molecule has 0 unspecified atom stereocenters. The minimum atomic E-state index is -2.53. The summed E-state index contributed by atoms with van der Waals surface area (Å²) in [5.41, 5.74) is -1.06. The fraction of sp³-hybridized carbons (Fsp3) is 0.486. The Hall–Kier alpha value is -3.50. The van der Waals surface area contributed by atoms with Crippen molar-refractivity contribution in [2.75, 3.05) is 6.61 Å². The maximum absolute atomic E-state index is 13.6. The Labute approximate surface area is 258 Å². The van der Waals surface area contributed by atoms with Crippen molar-refractivity contribution in [3.8, 4) is 17.2 Å². The lowest BCUT2D eigenvalue weighted by atomic mass is 9.73. The molecular weight excluding hydrogens is 564 g/mol. The number of aromatic hydroxyl groups is 3. The number of aliphatic hydroxyl groups excluding tert-OH is 2. The van der Waals surface area contributed by atoms with Gasteiger partial charge in [0.05, 0.1) is 29.4 Å². The van der Waals surface area contributed by atoms with E-state index < -0.39 is 40.4 Å². The predicted molar refractivity (Wildman–Crippen MR) is 169 cm³/mol. The third kappa shape index (κ3) is 7.07. The number of carbonyl (C=O) groups excluding carboxylic acids is 2. The Morgan fingerprint density at radius 3 is 2.05 bits per heavy atom. The topological polar surface area (TPSA) is 176 Å². The summed E-state index contributed by atoms with van der Waals surface area (Å²) < 4.78 is 0. The zero-order valence-electron chi connectivity index (χ0n) is 26.5. The van der Waals surface area contributed by atoms with Crippen molar-refractivity contribution in [2.45, 2.75) is 104 Å². The van der Waals surface area contributed by atoms with Gasteiger partial charge in [-0.15, -0.1) is 0 Å². The van der Waals surface area contributed by atoms with Crippen LogP contribution in [0.15, 0.2) is 41.0 Å². The van der Waals surface area contributed by atoms with Crippen LogP contribution in [0.5, 0.6) is 17.2 Å². The summed E-state index contributed by atoms with van der Waals surface area (Å²) in [5.74, 6) is -3.23. The van der Waals surface area contributed by atoms with Crippen molar-refractivity contribution >= 4 is 22.3 Å². The van der Waals surface area contributed by atoms with Crippen LogP contribution in [0.25, 0.3) is 10.8 Å². The summed E-state index contributed by atoms with van der Waals surface area (Å²) in [6, 6.07) is 1.30. The second kappa shape index (κ2) is 13.6. The number of carbonyl (C=O) groups is 2. The van der Waals surface area contributed by atoms with E-state index in [1.54, 1.807) is 26.8 Å². The quantitative estimate of drug-likeness (QED) is 0.116. The van der Waals surface area contributed by atoms with Crippen LogP contribution >= 0.6 is 0 Å². The molecule has 0 saturated carbocycles. The first-order valence-electron chi connectivity index (χ1n) is 15.0. The maximum Gasteiger partial charge on any atom is 0.207 e. The highest BCUT2D eigenvalue weighted by Crippen LogP contribution is 2.49. The second-order valence-electron chi connectivity index (χ2n) is 12.7. The standard InChI is InChI=1S/C35H46O9/c1-19(11-8-12-23(18-36)13-14-25(38)34(5,6)43)9-7-10-20(2)15-16-35(44)32(41)27-24(37)17-21(3)26-28(27)29(33(35)42)31(40)22(4)30(26)39/h9,12,15,17,25,36-40,43-44H,7-8,10-11,13-14,16,18H2,1-6H3/b19-9+,20-15+,23-12-/t25-,35+/m0/s1. The van der Waals surface area contributed by atoms with Gasteiger partial charge in [0.25, 0.3) is 0 Å². The number of hydrogen-bond donors (Lipinski definition) is 7. The summed E-state index contributed by atoms with van der Waals surface area (Å²) in [6.07, 6.45) is 8.07. The SMILES string of the molecule is C/C(=C\CC/C(C)=C/C[C@@]1(O)C(=O)c2c(O)cc(C)c3c(O)c(C)c(O)c(c23)C1=O)CC/C=C(\CO)CC[C@H](O)C(C)(C)O. The highest BCUT2D eigenvalue weighted by molar-refractivity contribution is 6.36. The second-order valence-corrected chi connectivity index (χ2v) is 12.7. The molecule has 0 aliphatic heterocycles. The van der Waals surface area contributed by atoms with Crippen molar-refractivity contribution < 1.29 is 45.3 Å². The number of allylic oxidation sites excluding steroid dienone is 4. The van der Waals surface area contributed by atoms with E-state index in [-0.39, 0.29) is 46.2 Å². The smallest absolute Gasteiger partial charge is 0.207 e. The van der Waals surface area contributed by atoms with E-state index in [0.29, 0.717) is 37.7 Å². The Balaban J connectivity index is 1.68. The van der Waals surface area contributed by atoms with Gasteiger partial charge in [-0.25, -0.2) is 0 Å². The van der Waals surface area contributed by atoms with E-state index >= 15 is 0 Å². The van der Waals surface area contributed by atoms with Gasteiger partial charge in [-0.05, 0) is 97.3 Å². The molecule has 2 atom stereocenters. The monoisotopic (exact) mass is 610 g/mol. The number of aliphatic hydroxyl groups is 4. The van der Waals surface area contributed by atoms with Crippen LogP contribution in [0.2, 0.25) is 0 Å². The molecule has 0 saturated heterocycles. The lowest BCUT2D eigenvalue weighted by Crippen LogP contribution is -2.49. The zero-order valence-corrected chi connectivity index (χ0v) is 26.5. The molecule has 9 nitrogen and oxygen atoms in total. The summed E-state index contributed by atoms with van der Waals surface area (Å²) in [5, 5.41) is 73.2. The van der Waals surface area contributed by atoms with Gasteiger partial charge >= 0.3 is 0 Å². The molecule has 0 heterocycles. The number of ketones is 2. The number of benzene rings is 2. The summed E-state index contributed by atoms with van der Waals surface area (Å²) in [6.45, 7) is 9.86. The van der Waals surface area contributed by atoms with Crippen molar-refractivity contribution in [2.24, 2.45) is 0 Å². The Bertz CT molecular complexity index is 1540. The van der Waals surface area contributed by atoms with Crippen LogP contribution in [0.1, 0.15) is 104 Å². The number of rotatable bonds is 13. The third-order valence-corrected chi connectivity index (χ3v) is 8.65. The van der Waals surface area contributed by atoms with Crippen LogP contribution in [-0.4, -0.2) is 71.2 Å². The molecule has 3 rings (SSSR count). The van der Waals surface area contributed by atoms with Gasteiger partial charge in [0.15, 0.2) is 5.60 Å². The summed E-state index contributed by atoms with van der Waals surface area (Å²) in [4.78, 5) is 27.1. The van der Waals surface area contributed by atoms with Crippen molar-refractivity contribution in [3.05, 3.63) is 63.3 Å². The summed E-state index contributed by atoms with van der Waals surface area (Å²) in [7, 11) is 0. The molecule has 2 aromatic rings.